The lowest BCUT2D eigenvalue weighted by atomic mass is 9.88. The Balaban J connectivity index is 1.00. The molecular formula is C65H108N4O49. The molecule has 0 aliphatic carbocycles. The van der Waals surface area contributed by atoms with Gasteiger partial charge in [-0.3, -0.25) is 19.2 Å². The van der Waals surface area contributed by atoms with Crippen LogP contribution in [-0.2, 0) is 104 Å². The molecule has 9 aliphatic rings. The summed E-state index contributed by atoms with van der Waals surface area (Å²) in [5, 5.41) is 309. The molecule has 0 bridgehead atoms. The lowest BCUT2D eigenvalue weighted by Gasteiger charge is -2.51. The molecule has 0 aromatic rings. The van der Waals surface area contributed by atoms with Crippen molar-refractivity contribution in [1.82, 2.24) is 21.3 Å². The van der Waals surface area contributed by atoms with Gasteiger partial charge in [0.05, 0.1) is 71.6 Å². The van der Waals surface area contributed by atoms with Gasteiger partial charge in [-0.1, -0.05) is 0 Å². The van der Waals surface area contributed by atoms with E-state index in [4.69, 9.17) is 80.5 Å². The van der Waals surface area contributed by atoms with Crippen molar-refractivity contribution in [2.24, 2.45) is 0 Å². The van der Waals surface area contributed by atoms with Gasteiger partial charge in [-0.15, -0.1) is 0 Å². The summed E-state index contributed by atoms with van der Waals surface area (Å²) in [6, 6.07) is -7.53. The van der Waals surface area contributed by atoms with Crippen molar-refractivity contribution < 1.29 is 242 Å². The number of aliphatic carboxylic acids is 1. The average molecular weight is 1730 g/mol. The van der Waals surface area contributed by atoms with Crippen LogP contribution in [0, 0.1) is 0 Å². The second-order valence-corrected chi connectivity index (χ2v) is 29.6. The largest absolute Gasteiger partial charge is 0.477 e. The summed E-state index contributed by atoms with van der Waals surface area (Å²) in [4.78, 5) is 63.8. The quantitative estimate of drug-likeness (QED) is 0.0297. The molecule has 9 rings (SSSR count). The normalized spacial score (nSPS) is 47.6. The maximum atomic E-state index is 13.2. The van der Waals surface area contributed by atoms with E-state index in [1.165, 1.54) is 0 Å². The molecule has 1 unspecified atom stereocenters. The summed E-state index contributed by atoms with van der Waals surface area (Å²) in [6.45, 7) is -6.69. The van der Waals surface area contributed by atoms with E-state index in [2.05, 4.69) is 21.3 Å². The van der Waals surface area contributed by atoms with Crippen molar-refractivity contribution in [3.8, 4) is 0 Å². The van der Waals surface area contributed by atoms with Crippen LogP contribution < -0.4 is 21.3 Å². The van der Waals surface area contributed by atoms with Crippen LogP contribution in [0.1, 0.15) is 34.1 Å². The van der Waals surface area contributed by atoms with E-state index in [0.29, 0.717) is 0 Å². The summed E-state index contributed by atoms with van der Waals surface area (Å²) >= 11 is 0. The molecule has 0 aromatic heterocycles. The molecule has 0 aromatic carbocycles. The fourth-order valence-corrected chi connectivity index (χ4v) is 15.2. The third-order valence-electron chi connectivity index (χ3n) is 21.3. The first-order valence-corrected chi connectivity index (χ1v) is 37.3. The highest BCUT2D eigenvalue weighted by Crippen LogP contribution is 2.42. The summed E-state index contributed by atoms with van der Waals surface area (Å²) in [5.41, 5.74) is 0. The Bertz CT molecular complexity index is 3210. The molecule has 9 aliphatic heterocycles. The van der Waals surface area contributed by atoms with Gasteiger partial charge in [-0.2, -0.15) is 0 Å². The molecule has 31 N–H and O–H groups in total. The monoisotopic (exact) mass is 1730 g/mol. The molecule has 4 amide bonds. The summed E-state index contributed by atoms with van der Waals surface area (Å²) in [6.07, 6.45) is -90.1. The number of carbonyl (C=O) groups excluding carboxylic acids is 4. The third-order valence-corrected chi connectivity index (χ3v) is 21.3. The zero-order valence-electron chi connectivity index (χ0n) is 63.1. The minimum absolute atomic E-state index is 0.865. The van der Waals surface area contributed by atoms with Crippen LogP contribution in [-0.4, -0.2) is 509 Å². The van der Waals surface area contributed by atoms with Gasteiger partial charge in [0.1, 0.15) is 213 Å². The van der Waals surface area contributed by atoms with Crippen LogP contribution >= 0.6 is 0 Å². The Morgan fingerprint density at radius 2 is 0.686 bits per heavy atom. The molecule has 53 nitrogen and oxygen atoms in total. The van der Waals surface area contributed by atoms with Crippen LogP contribution in [0.25, 0.3) is 0 Å². The fraction of sp³-hybridized carbons (Fsp3) is 0.923. The van der Waals surface area contributed by atoms with Crippen molar-refractivity contribution in [1.29, 1.82) is 0 Å². The van der Waals surface area contributed by atoms with E-state index in [9.17, 15) is 162 Å². The van der Waals surface area contributed by atoms with Crippen LogP contribution in [0.5, 0.6) is 0 Å². The first-order valence-electron chi connectivity index (χ1n) is 37.3. The molecule has 9 fully saturated rings. The number of carbonyl (C=O) groups is 5. The number of carboxylic acid groups (broad SMARTS) is 1. The molecule has 9 heterocycles. The molecule has 46 atom stereocenters. The van der Waals surface area contributed by atoms with Crippen LogP contribution in [0.15, 0.2) is 0 Å². The van der Waals surface area contributed by atoms with Crippen molar-refractivity contribution in [3.63, 3.8) is 0 Å². The topological polar surface area (TPSA) is 837 Å². The van der Waals surface area contributed by atoms with E-state index >= 15 is 0 Å². The zero-order valence-corrected chi connectivity index (χ0v) is 63.1. The maximum Gasteiger partial charge on any atom is 0.364 e. The number of aliphatic hydroxyl groups excluding tert-OH is 26. The van der Waals surface area contributed by atoms with Gasteiger partial charge in [-0.05, 0) is 0 Å². The van der Waals surface area contributed by atoms with E-state index < -0.39 is 377 Å². The Labute approximate surface area is 666 Å². The number of ether oxygens (including phenoxy) is 17. The Hall–Kier alpha value is -4.37. The SMILES string of the molecule is CC(=O)N[C@H]1[C@H](O[C@@H]2[C@@H](O[C@@H]3[C@H](O)[C@H](O[C@H]4[C@H](O)[C@@H](NC(C)=O)C(O)O[C@@H]4CO)O[C@H](CO[C@H]4O[C@H](CO)[C@@H](O)[C@H](O)[C@@H]4O[C@@H]4O[C@H](CO)[C@@H](O[C@@H]5O[C@H](CO)[C@H](O)[C@H](O[C@]6(C(=O)O)C[C@H](O)[C@@H](NC(C)=O)[C@H]([C@H](O)[C@H](O)CO)O6)[C@H]5O)[C@H](O)[C@H]4NC(C)=O)[C@H]3O)O[C@H](CO)[C@@H](O)[C@@H]2O)O[C@H](CO)[C@@H](O[C@@H]2O[C@H](CO)[C@H](O)[C@H](O)[C@H]2O)[C@@H]1O. The number of rotatable bonds is 32. The van der Waals surface area contributed by atoms with Gasteiger partial charge in [0.2, 0.25) is 23.6 Å². The average Bonchev–Trinajstić information content (AvgIpc) is 0.779. The highest BCUT2D eigenvalue weighted by Gasteiger charge is 2.63. The van der Waals surface area contributed by atoms with Gasteiger partial charge in [0.25, 0.3) is 5.79 Å². The van der Waals surface area contributed by atoms with Crippen molar-refractivity contribution in [2.45, 2.75) is 316 Å². The van der Waals surface area contributed by atoms with E-state index in [0.717, 1.165) is 27.7 Å². The number of amides is 4. The number of hydrogen-bond acceptors (Lipinski definition) is 48. The lowest BCUT2D eigenvalue weighted by Crippen LogP contribution is -2.71. The minimum Gasteiger partial charge on any atom is -0.477 e. The molecule has 53 heteroatoms. The fourth-order valence-electron chi connectivity index (χ4n) is 15.2. The highest BCUT2D eigenvalue weighted by molar-refractivity contribution is 5.77. The molecule has 0 saturated carbocycles. The molecule has 682 valence electrons. The standard InChI is InChI=1S/C65H108N4O49/c1-15(78)66-29-19(82)5-65(64(100)101,117-51(29)33(84)20(83)6-70)118-53-37(88)24(10-74)105-61(47(53)98)113-50-27(13-77)108-57(31(41(50)92)68-17(3)80)115-54-43(94)35(86)22(8-72)106-62(54)102-14-28-38(89)52(46(97)60(110-28)112-48-25(11-75)103-56(99)30(39(48)90)67-16(2)79)114-63-55(44(95)36(87)23(9-73)107-63)116-58-32(69-18(4)81)40(91)49(26(12-76)109-58)111-59-45(96)42(93)34(85)21(7-71)104-59/h19-63,70-77,82-99H,5-14H2,1-4H3,(H,66,78)(H,67,79)(H,68,80)(H,69,81)(H,100,101)/t19-,20+,21+,22+,23+,24+,25+,26+,27+,28+,29+,30+,31+,32+,33+,34-,35+,36+,37-,38+,39+,40+,41+,42-,43-,44-,45+,46-,47+,48+,49+,50+,51+,52-,53-,54-,55-,56?,57-,58-,59-,60-,61-,62-,63+,65-/m0/s1. The van der Waals surface area contributed by atoms with Gasteiger partial charge < -0.3 is 240 Å². The van der Waals surface area contributed by atoms with Gasteiger partial charge in [-0.25, -0.2) is 4.79 Å². The van der Waals surface area contributed by atoms with Crippen LogP contribution in [0.2, 0.25) is 0 Å². The minimum atomic E-state index is -3.29. The van der Waals surface area contributed by atoms with Gasteiger partial charge in [0, 0.05) is 34.1 Å². The predicted octanol–water partition coefficient (Wildman–Crippen LogP) is -20.8. The lowest BCUT2D eigenvalue weighted by molar-refractivity contribution is -0.398. The first-order chi connectivity index (χ1) is 55.7. The second kappa shape index (κ2) is 42.1. The van der Waals surface area contributed by atoms with E-state index in [-0.39, 0.29) is 0 Å². The number of aliphatic hydroxyl groups is 26. The molecular weight excluding hydrogens is 1620 g/mol. The summed E-state index contributed by atoms with van der Waals surface area (Å²) in [7, 11) is 0. The summed E-state index contributed by atoms with van der Waals surface area (Å²) in [5.74, 6) is -9.16. The van der Waals surface area contributed by atoms with Crippen molar-refractivity contribution in [3.05, 3.63) is 0 Å². The van der Waals surface area contributed by atoms with E-state index in [1.807, 2.05) is 0 Å². The van der Waals surface area contributed by atoms with E-state index in [1.54, 1.807) is 0 Å². The first kappa shape index (κ1) is 97.4. The molecule has 9 saturated heterocycles. The smallest absolute Gasteiger partial charge is 0.364 e. The number of carboxylic acids is 1. The number of hydrogen-bond donors (Lipinski definition) is 31. The molecule has 118 heavy (non-hydrogen) atoms. The maximum absolute atomic E-state index is 13.2. The van der Waals surface area contributed by atoms with Gasteiger partial charge in [0.15, 0.2) is 50.3 Å². The molecule has 0 spiro atoms. The van der Waals surface area contributed by atoms with Crippen molar-refractivity contribution >= 4 is 29.6 Å². The third kappa shape index (κ3) is 21.2. The van der Waals surface area contributed by atoms with Crippen molar-refractivity contribution in [2.75, 3.05) is 59.5 Å². The predicted molar refractivity (Wildman–Crippen MR) is 361 cm³/mol. The summed E-state index contributed by atoms with van der Waals surface area (Å²) < 4.78 is 100.0. The van der Waals surface area contributed by atoms with Gasteiger partial charge >= 0.3 is 5.97 Å². The zero-order chi connectivity index (χ0) is 87.3. The second-order valence-electron chi connectivity index (χ2n) is 29.6. The Morgan fingerprint density at radius 1 is 0.347 bits per heavy atom. The number of nitrogens with one attached hydrogen (secondary N) is 4. The van der Waals surface area contributed by atoms with Crippen LogP contribution in [0.3, 0.4) is 0 Å². The van der Waals surface area contributed by atoms with Crippen LogP contribution in [0.4, 0.5) is 0 Å². The highest BCUT2D eigenvalue weighted by atomic mass is 16.8. The molecule has 0 radical (unpaired) electrons. The Kier molecular flexibility index (Phi) is 34.7. The Morgan fingerprint density at radius 3 is 1.13 bits per heavy atom.